The molecule has 1 amide bonds. The second kappa shape index (κ2) is 9.47. The minimum Gasteiger partial charge on any atom is -0.489 e. The molecule has 0 saturated carbocycles. The van der Waals surface area contributed by atoms with Crippen LogP contribution in [0.25, 0.3) is 0 Å². The predicted octanol–water partition coefficient (Wildman–Crippen LogP) is 4.16. The lowest BCUT2D eigenvalue weighted by Crippen LogP contribution is -2.22. The number of rotatable bonds is 9. The minimum atomic E-state index is 0.0848. The molecule has 3 rings (SSSR count). The topological polar surface area (TPSA) is 43.3 Å². The van der Waals surface area contributed by atoms with Crippen LogP contribution < -0.4 is 10.1 Å². The molecule has 134 valence electrons. The molecule has 4 heteroatoms. The molecule has 0 fully saturated rings. The fraction of sp³-hybridized carbons (Fsp3) is 0.227. The van der Waals surface area contributed by atoms with Crippen molar-refractivity contribution in [1.82, 2.24) is 9.88 Å². The fourth-order valence-corrected chi connectivity index (χ4v) is 2.67. The quantitative estimate of drug-likeness (QED) is 0.631. The number of aryl methyl sites for hydroxylation is 1. The van der Waals surface area contributed by atoms with E-state index in [1.54, 1.807) is 0 Å². The summed E-state index contributed by atoms with van der Waals surface area (Å²) >= 11 is 0. The highest BCUT2D eigenvalue weighted by Crippen LogP contribution is 2.14. The number of carbonyl (C=O) groups is 1. The van der Waals surface area contributed by atoms with Gasteiger partial charge in [-0.05, 0) is 41.8 Å². The van der Waals surface area contributed by atoms with E-state index < -0.39 is 0 Å². The smallest absolute Gasteiger partial charge is 0.220 e. The van der Waals surface area contributed by atoms with Gasteiger partial charge in [0.1, 0.15) is 12.4 Å². The minimum absolute atomic E-state index is 0.0848. The summed E-state index contributed by atoms with van der Waals surface area (Å²) in [5, 5.41) is 2.97. The molecule has 0 aliphatic carbocycles. The van der Waals surface area contributed by atoms with Crippen LogP contribution >= 0.6 is 0 Å². The largest absolute Gasteiger partial charge is 0.489 e. The van der Waals surface area contributed by atoms with Gasteiger partial charge >= 0.3 is 0 Å². The van der Waals surface area contributed by atoms with Gasteiger partial charge in [-0.3, -0.25) is 4.79 Å². The van der Waals surface area contributed by atoms with Crippen molar-refractivity contribution < 1.29 is 9.53 Å². The Labute approximate surface area is 154 Å². The molecule has 3 aromatic rings. The van der Waals surface area contributed by atoms with Crippen molar-refractivity contribution in [2.75, 3.05) is 0 Å². The molecule has 1 aromatic heterocycles. The summed E-state index contributed by atoms with van der Waals surface area (Å²) in [6.45, 7) is 1.97. The average Bonchev–Trinajstić information content (AvgIpc) is 3.20. The number of hydrogen-bond donors (Lipinski definition) is 1. The van der Waals surface area contributed by atoms with Crippen molar-refractivity contribution in [3.8, 4) is 5.75 Å². The first-order valence-corrected chi connectivity index (χ1v) is 8.93. The molecule has 1 N–H and O–H groups in total. The number of nitrogens with zero attached hydrogens (tertiary/aromatic N) is 1. The van der Waals surface area contributed by atoms with E-state index in [2.05, 4.69) is 9.88 Å². The number of nitrogens with one attached hydrogen (secondary N) is 1. The lowest BCUT2D eigenvalue weighted by molar-refractivity contribution is -0.121. The maximum atomic E-state index is 11.9. The molecule has 26 heavy (non-hydrogen) atoms. The van der Waals surface area contributed by atoms with Crippen LogP contribution in [-0.4, -0.2) is 10.5 Å². The average molecular weight is 348 g/mol. The van der Waals surface area contributed by atoms with Crippen molar-refractivity contribution in [3.05, 3.63) is 90.3 Å². The predicted molar refractivity (Wildman–Crippen MR) is 103 cm³/mol. The van der Waals surface area contributed by atoms with Crippen LogP contribution in [0.15, 0.2) is 79.1 Å². The molecule has 0 bridgehead atoms. The van der Waals surface area contributed by atoms with Crippen LogP contribution in [0.4, 0.5) is 0 Å². The molecule has 0 aliphatic rings. The Morgan fingerprint density at radius 2 is 1.62 bits per heavy atom. The fourth-order valence-electron chi connectivity index (χ4n) is 2.67. The van der Waals surface area contributed by atoms with E-state index in [9.17, 15) is 4.79 Å². The van der Waals surface area contributed by atoms with Gasteiger partial charge in [0.05, 0.1) is 0 Å². The van der Waals surface area contributed by atoms with Gasteiger partial charge in [0.2, 0.25) is 5.91 Å². The third kappa shape index (κ3) is 5.81. The van der Waals surface area contributed by atoms with Crippen molar-refractivity contribution >= 4 is 5.91 Å². The molecule has 0 atom stereocenters. The number of ether oxygens (including phenoxy) is 1. The molecular weight excluding hydrogens is 324 g/mol. The summed E-state index contributed by atoms with van der Waals surface area (Å²) < 4.78 is 7.86. The van der Waals surface area contributed by atoms with Crippen LogP contribution in [0.2, 0.25) is 0 Å². The highest BCUT2D eigenvalue weighted by atomic mass is 16.5. The van der Waals surface area contributed by atoms with Gasteiger partial charge in [-0.15, -0.1) is 0 Å². The Balaban J connectivity index is 1.36. The summed E-state index contributed by atoms with van der Waals surface area (Å²) in [5.41, 5.74) is 2.21. The second-order valence-electron chi connectivity index (χ2n) is 6.22. The van der Waals surface area contributed by atoms with Gasteiger partial charge in [0.15, 0.2) is 0 Å². The molecule has 0 radical (unpaired) electrons. The number of hydrogen-bond acceptors (Lipinski definition) is 2. The van der Waals surface area contributed by atoms with Crippen LogP contribution in [0.5, 0.6) is 5.75 Å². The van der Waals surface area contributed by atoms with Crippen molar-refractivity contribution in [2.24, 2.45) is 0 Å². The monoisotopic (exact) mass is 348 g/mol. The molecule has 4 nitrogen and oxygen atoms in total. The molecular formula is C22H24N2O2. The van der Waals surface area contributed by atoms with Crippen LogP contribution in [0.3, 0.4) is 0 Å². The molecule has 0 aliphatic heterocycles. The molecule has 0 spiro atoms. The molecule has 0 unspecified atom stereocenters. The first kappa shape index (κ1) is 17.8. The van der Waals surface area contributed by atoms with Gasteiger partial charge in [0, 0.05) is 31.9 Å². The van der Waals surface area contributed by atoms with E-state index in [0.717, 1.165) is 29.8 Å². The zero-order valence-corrected chi connectivity index (χ0v) is 14.8. The Morgan fingerprint density at radius 3 is 2.35 bits per heavy atom. The zero-order valence-electron chi connectivity index (χ0n) is 14.8. The van der Waals surface area contributed by atoms with Gasteiger partial charge in [-0.1, -0.05) is 42.5 Å². The SMILES string of the molecule is O=C(CCCn1cccc1)NCc1ccc(OCc2ccccc2)cc1. The number of aromatic nitrogens is 1. The lowest BCUT2D eigenvalue weighted by atomic mass is 10.2. The van der Waals surface area contributed by atoms with E-state index in [0.29, 0.717) is 19.6 Å². The van der Waals surface area contributed by atoms with Crippen LogP contribution in [0.1, 0.15) is 24.0 Å². The Hall–Kier alpha value is -3.01. The third-order valence-electron chi connectivity index (χ3n) is 4.15. The Morgan fingerprint density at radius 1 is 0.885 bits per heavy atom. The molecule has 1 heterocycles. The zero-order chi connectivity index (χ0) is 18.0. The number of amides is 1. The normalized spacial score (nSPS) is 10.5. The van der Waals surface area contributed by atoms with E-state index in [1.165, 1.54) is 0 Å². The van der Waals surface area contributed by atoms with Gasteiger partial charge < -0.3 is 14.6 Å². The van der Waals surface area contributed by atoms with Crippen molar-refractivity contribution in [3.63, 3.8) is 0 Å². The van der Waals surface area contributed by atoms with Crippen LogP contribution in [0, 0.1) is 0 Å². The van der Waals surface area contributed by atoms with E-state index >= 15 is 0 Å². The standard InChI is InChI=1S/C22H24N2O2/c25-22(9-6-16-24-14-4-5-15-24)23-17-19-10-12-21(13-11-19)26-18-20-7-2-1-3-8-20/h1-5,7-8,10-15H,6,9,16-18H2,(H,23,25). The van der Waals surface area contributed by atoms with Gasteiger partial charge in [-0.25, -0.2) is 0 Å². The van der Waals surface area contributed by atoms with Crippen molar-refractivity contribution in [1.29, 1.82) is 0 Å². The highest BCUT2D eigenvalue weighted by Gasteiger charge is 2.02. The van der Waals surface area contributed by atoms with E-state index in [-0.39, 0.29) is 5.91 Å². The molecule has 0 saturated heterocycles. The summed E-state index contributed by atoms with van der Waals surface area (Å²) in [7, 11) is 0. The number of carbonyl (C=O) groups excluding carboxylic acids is 1. The summed E-state index contributed by atoms with van der Waals surface area (Å²) in [6, 6.07) is 21.9. The van der Waals surface area contributed by atoms with Gasteiger partial charge in [-0.2, -0.15) is 0 Å². The lowest BCUT2D eigenvalue weighted by Gasteiger charge is -2.09. The third-order valence-corrected chi connectivity index (χ3v) is 4.15. The van der Waals surface area contributed by atoms with Gasteiger partial charge in [0.25, 0.3) is 0 Å². The highest BCUT2D eigenvalue weighted by molar-refractivity contribution is 5.75. The summed E-state index contributed by atoms with van der Waals surface area (Å²) in [5.74, 6) is 0.914. The first-order valence-electron chi connectivity index (χ1n) is 8.93. The maximum absolute atomic E-state index is 11.9. The van der Waals surface area contributed by atoms with Crippen molar-refractivity contribution in [2.45, 2.75) is 32.5 Å². The Kier molecular flexibility index (Phi) is 6.48. The summed E-state index contributed by atoms with van der Waals surface area (Å²) in [4.78, 5) is 11.9. The van der Waals surface area contributed by atoms with E-state index in [4.69, 9.17) is 4.74 Å². The first-order chi connectivity index (χ1) is 12.8. The summed E-state index contributed by atoms with van der Waals surface area (Å²) in [6.07, 6.45) is 5.40. The molecule has 2 aromatic carbocycles. The number of benzene rings is 2. The van der Waals surface area contributed by atoms with Crippen LogP contribution in [-0.2, 0) is 24.5 Å². The Bertz CT molecular complexity index is 781. The maximum Gasteiger partial charge on any atom is 0.220 e. The van der Waals surface area contributed by atoms with E-state index in [1.807, 2.05) is 79.1 Å². The second-order valence-corrected chi connectivity index (χ2v) is 6.22.